The van der Waals surface area contributed by atoms with Crippen molar-refractivity contribution < 1.29 is 9.50 Å². The molecule has 19 heavy (non-hydrogen) atoms. The van der Waals surface area contributed by atoms with Gasteiger partial charge in [0.25, 0.3) is 0 Å². The van der Waals surface area contributed by atoms with Crippen LogP contribution in [0.4, 0.5) is 10.1 Å². The average Bonchev–Trinajstić information content (AvgIpc) is 2.37. The summed E-state index contributed by atoms with van der Waals surface area (Å²) in [5, 5.41) is 13.3. The van der Waals surface area contributed by atoms with Crippen LogP contribution in [0.5, 0.6) is 0 Å². The highest BCUT2D eigenvalue weighted by Crippen LogP contribution is 2.29. The summed E-state index contributed by atoms with van der Waals surface area (Å²) in [6, 6.07) is 10.8. The number of hydrogen-bond donors (Lipinski definition) is 2. The highest BCUT2D eigenvalue weighted by molar-refractivity contribution is 6.31. The maximum atomic E-state index is 13.8. The Hall–Kier alpha value is -1.29. The number of halogens is 3. The van der Waals surface area contributed by atoms with E-state index < -0.39 is 11.9 Å². The number of aliphatic hydroxyl groups excluding tert-OH is 1. The van der Waals surface area contributed by atoms with E-state index in [-0.39, 0.29) is 17.2 Å². The van der Waals surface area contributed by atoms with Crippen LogP contribution in [0.2, 0.25) is 10.0 Å². The lowest BCUT2D eigenvalue weighted by atomic mass is 10.1. The van der Waals surface area contributed by atoms with Crippen LogP contribution in [0, 0.1) is 5.82 Å². The summed E-state index contributed by atoms with van der Waals surface area (Å²) in [7, 11) is 0. The average molecular weight is 300 g/mol. The summed E-state index contributed by atoms with van der Waals surface area (Å²) in [6.07, 6.45) is 0. The van der Waals surface area contributed by atoms with Gasteiger partial charge in [-0.05, 0) is 30.3 Å². The standard InChI is InChI=1S/C14H12Cl2FNO/c15-9-3-1-4-10(7-9)18-13(8-19)14-11(16)5-2-6-12(14)17/h1-7,13,18-19H,8H2. The second-order valence-electron chi connectivity index (χ2n) is 4.03. The maximum absolute atomic E-state index is 13.8. The van der Waals surface area contributed by atoms with Crippen LogP contribution < -0.4 is 5.32 Å². The first-order valence-corrected chi connectivity index (χ1v) is 6.44. The molecule has 0 aliphatic heterocycles. The second-order valence-corrected chi connectivity index (χ2v) is 4.87. The predicted octanol–water partition coefficient (Wildman–Crippen LogP) is 4.28. The molecular formula is C14H12Cl2FNO. The lowest BCUT2D eigenvalue weighted by Crippen LogP contribution is -2.16. The lowest BCUT2D eigenvalue weighted by Gasteiger charge is -2.20. The normalized spacial score (nSPS) is 12.2. The van der Waals surface area contributed by atoms with Gasteiger partial charge in [0.05, 0.1) is 12.6 Å². The Morgan fingerprint density at radius 3 is 2.53 bits per heavy atom. The van der Waals surface area contributed by atoms with Crippen molar-refractivity contribution in [2.45, 2.75) is 6.04 Å². The molecule has 0 aliphatic carbocycles. The number of rotatable bonds is 4. The molecule has 2 aromatic carbocycles. The van der Waals surface area contributed by atoms with Gasteiger partial charge >= 0.3 is 0 Å². The Labute approximate surface area is 120 Å². The molecule has 0 radical (unpaired) electrons. The zero-order valence-electron chi connectivity index (χ0n) is 9.91. The first-order chi connectivity index (χ1) is 9.11. The smallest absolute Gasteiger partial charge is 0.130 e. The quantitative estimate of drug-likeness (QED) is 0.883. The highest BCUT2D eigenvalue weighted by atomic mass is 35.5. The SMILES string of the molecule is OCC(Nc1cccc(Cl)c1)c1c(F)cccc1Cl. The van der Waals surface area contributed by atoms with Gasteiger partial charge in [0, 0.05) is 21.3 Å². The van der Waals surface area contributed by atoms with E-state index >= 15 is 0 Å². The van der Waals surface area contributed by atoms with E-state index in [1.54, 1.807) is 30.3 Å². The van der Waals surface area contributed by atoms with E-state index in [9.17, 15) is 9.50 Å². The summed E-state index contributed by atoms with van der Waals surface area (Å²) < 4.78 is 13.8. The number of anilines is 1. The molecule has 0 heterocycles. The molecule has 0 aromatic heterocycles. The molecule has 0 aliphatic rings. The van der Waals surface area contributed by atoms with Crippen LogP contribution in [0.25, 0.3) is 0 Å². The topological polar surface area (TPSA) is 32.3 Å². The summed E-state index contributed by atoms with van der Waals surface area (Å²) in [4.78, 5) is 0. The number of hydrogen-bond acceptors (Lipinski definition) is 2. The molecule has 0 saturated heterocycles. The van der Waals surface area contributed by atoms with Crippen LogP contribution in [-0.2, 0) is 0 Å². The maximum Gasteiger partial charge on any atom is 0.130 e. The van der Waals surface area contributed by atoms with Crippen LogP contribution in [0.3, 0.4) is 0 Å². The number of nitrogens with one attached hydrogen (secondary N) is 1. The summed E-state index contributed by atoms with van der Waals surface area (Å²) in [6.45, 7) is -0.285. The van der Waals surface area contributed by atoms with Gasteiger partial charge in [-0.3, -0.25) is 0 Å². The summed E-state index contributed by atoms with van der Waals surface area (Å²) in [5.74, 6) is -0.457. The van der Waals surface area contributed by atoms with Crippen molar-refractivity contribution in [3.8, 4) is 0 Å². The van der Waals surface area contributed by atoms with Crippen molar-refractivity contribution in [1.29, 1.82) is 0 Å². The predicted molar refractivity (Wildman–Crippen MR) is 76.3 cm³/mol. The van der Waals surface area contributed by atoms with Gasteiger partial charge in [-0.1, -0.05) is 35.3 Å². The van der Waals surface area contributed by atoms with Crippen molar-refractivity contribution in [1.82, 2.24) is 0 Å². The van der Waals surface area contributed by atoms with E-state index in [0.717, 1.165) is 0 Å². The second kappa shape index (κ2) is 6.24. The molecule has 0 amide bonds. The van der Waals surface area contributed by atoms with Gasteiger partial charge in [-0.15, -0.1) is 0 Å². The minimum atomic E-state index is -0.632. The fraction of sp³-hybridized carbons (Fsp3) is 0.143. The Morgan fingerprint density at radius 2 is 1.89 bits per heavy atom. The summed E-state index contributed by atoms with van der Waals surface area (Å²) >= 11 is 11.9. The van der Waals surface area contributed by atoms with Crippen molar-refractivity contribution in [2.75, 3.05) is 11.9 Å². The van der Waals surface area contributed by atoms with E-state index in [1.165, 1.54) is 12.1 Å². The molecule has 2 aromatic rings. The fourth-order valence-corrected chi connectivity index (χ4v) is 2.32. The van der Waals surface area contributed by atoms with E-state index in [4.69, 9.17) is 23.2 Å². The largest absolute Gasteiger partial charge is 0.394 e. The molecule has 100 valence electrons. The van der Waals surface area contributed by atoms with Gasteiger partial charge in [0.2, 0.25) is 0 Å². The fourth-order valence-electron chi connectivity index (χ4n) is 1.83. The molecule has 0 fully saturated rings. The molecule has 2 N–H and O–H groups in total. The first kappa shape index (κ1) is 14.1. The van der Waals surface area contributed by atoms with Gasteiger partial charge in [-0.25, -0.2) is 4.39 Å². The van der Waals surface area contributed by atoms with E-state index in [2.05, 4.69) is 5.32 Å². The van der Waals surface area contributed by atoms with Gasteiger partial charge in [0.1, 0.15) is 5.82 Å². The Bertz CT molecular complexity index is 557. The molecule has 0 spiro atoms. The Balaban J connectivity index is 2.30. The molecule has 5 heteroatoms. The zero-order chi connectivity index (χ0) is 13.8. The van der Waals surface area contributed by atoms with Crippen LogP contribution in [0.1, 0.15) is 11.6 Å². The molecule has 1 unspecified atom stereocenters. The molecule has 2 rings (SSSR count). The van der Waals surface area contributed by atoms with Gasteiger partial charge < -0.3 is 10.4 Å². The van der Waals surface area contributed by atoms with Crippen LogP contribution in [-0.4, -0.2) is 11.7 Å². The van der Waals surface area contributed by atoms with Crippen molar-refractivity contribution in [3.05, 3.63) is 63.9 Å². The monoisotopic (exact) mass is 299 g/mol. The third kappa shape index (κ3) is 3.38. The minimum absolute atomic E-state index is 0.242. The molecule has 1 atom stereocenters. The summed E-state index contributed by atoms with van der Waals surface area (Å²) in [5.41, 5.74) is 0.928. The van der Waals surface area contributed by atoms with Crippen LogP contribution >= 0.6 is 23.2 Å². The zero-order valence-corrected chi connectivity index (χ0v) is 11.4. The molecule has 0 bridgehead atoms. The van der Waals surface area contributed by atoms with Crippen LogP contribution in [0.15, 0.2) is 42.5 Å². The molecule has 0 saturated carbocycles. The number of aliphatic hydroxyl groups is 1. The van der Waals surface area contributed by atoms with Crippen molar-refractivity contribution in [3.63, 3.8) is 0 Å². The molecular weight excluding hydrogens is 288 g/mol. The molecule has 2 nitrogen and oxygen atoms in total. The minimum Gasteiger partial charge on any atom is -0.394 e. The number of benzene rings is 2. The van der Waals surface area contributed by atoms with Crippen molar-refractivity contribution in [2.24, 2.45) is 0 Å². The van der Waals surface area contributed by atoms with Gasteiger partial charge in [0.15, 0.2) is 0 Å². The lowest BCUT2D eigenvalue weighted by molar-refractivity contribution is 0.274. The van der Waals surface area contributed by atoms with Gasteiger partial charge in [-0.2, -0.15) is 0 Å². The first-order valence-electron chi connectivity index (χ1n) is 5.68. The van der Waals surface area contributed by atoms with E-state index in [0.29, 0.717) is 10.7 Å². The Kier molecular flexibility index (Phi) is 4.64. The third-order valence-corrected chi connectivity index (χ3v) is 3.26. The Morgan fingerprint density at radius 1 is 1.16 bits per heavy atom. The van der Waals surface area contributed by atoms with Crippen molar-refractivity contribution >= 4 is 28.9 Å². The highest BCUT2D eigenvalue weighted by Gasteiger charge is 2.18. The third-order valence-electron chi connectivity index (χ3n) is 2.70. The van der Waals surface area contributed by atoms with E-state index in [1.807, 2.05) is 0 Å².